The van der Waals surface area contributed by atoms with Crippen LogP contribution in [0.25, 0.3) is 0 Å². The number of ether oxygens (including phenoxy) is 3. The maximum Gasteiger partial charge on any atom is 0.164 e. The zero-order valence-corrected chi connectivity index (χ0v) is 13.0. The van der Waals surface area contributed by atoms with Gasteiger partial charge in [-0.05, 0) is 24.8 Å². The molecular weight excluding hydrogens is 256 g/mol. The number of methoxy groups -OCH3 is 3. The van der Waals surface area contributed by atoms with Crippen molar-refractivity contribution in [2.75, 3.05) is 21.3 Å². The maximum atomic E-state index is 5.70. The lowest BCUT2D eigenvalue weighted by Crippen LogP contribution is -2.28. The summed E-state index contributed by atoms with van der Waals surface area (Å²) < 4.78 is 16.1. The molecular formula is C15H26N2O3. The van der Waals surface area contributed by atoms with E-state index in [9.17, 15) is 0 Å². The maximum absolute atomic E-state index is 5.70. The van der Waals surface area contributed by atoms with Gasteiger partial charge in [-0.25, -0.2) is 0 Å². The third-order valence-electron chi connectivity index (χ3n) is 3.35. The molecule has 0 fully saturated rings. The summed E-state index contributed by atoms with van der Waals surface area (Å²) in [5.74, 6) is 8.39. The van der Waals surface area contributed by atoms with Crippen molar-refractivity contribution in [2.24, 2.45) is 11.8 Å². The summed E-state index contributed by atoms with van der Waals surface area (Å²) >= 11 is 0. The summed E-state index contributed by atoms with van der Waals surface area (Å²) in [5.41, 5.74) is 3.84. The molecule has 1 unspecified atom stereocenters. The molecule has 0 heterocycles. The third kappa shape index (κ3) is 4.02. The summed E-state index contributed by atoms with van der Waals surface area (Å²) in [7, 11) is 4.86. The quantitative estimate of drug-likeness (QED) is 0.567. The molecule has 0 aliphatic rings. The van der Waals surface area contributed by atoms with Crippen LogP contribution in [-0.4, -0.2) is 21.3 Å². The fraction of sp³-hybridized carbons (Fsp3) is 0.600. The van der Waals surface area contributed by atoms with Gasteiger partial charge in [0.2, 0.25) is 0 Å². The number of hydrogen-bond acceptors (Lipinski definition) is 5. The Bertz CT molecular complexity index is 422. The molecule has 3 N–H and O–H groups in total. The summed E-state index contributed by atoms with van der Waals surface area (Å²) in [6.07, 6.45) is 2.01. The Labute approximate surface area is 121 Å². The van der Waals surface area contributed by atoms with E-state index in [1.165, 1.54) is 0 Å². The average Bonchev–Trinajstić information content (AvgIpc) is 2.46. The number of nitrogens with two attached hydrogens (primary N) is 1. The van der Waals surface area contributed by atoms with E-state index in [2.05, 4.69) is 19.3 Å². The van der Waals surface area contributed by atoms with Crippen molar-refractivity contribution in [3.63, 3.8) is 0 Å². The van der Waals surface area contributed by atoms with E-state index in [1.54, 1.807) is 21.3 Å². The normalized spacial score (nSPS) is 12.3. The summed E-state index contributed by atoms with van der Waals surface area (Å²) in [6.45, 7) is 4.39. The Morgan fingerprint density at radius 1 is 0.950 bits per heavy atom. The molecule has 0 saturated carbocycles. The van der Waals surface area contributed by atoms with Crippen LogP contribution in [0.4, 0.5) is 0 Å². The third-order valence-corrected chi connectivity index (χ3v) is 3.35. The Balaban J connectivity index is 3.12. The van der Waals surface area contributed by atoms with Gasteiger partial charge in [0.05, 0.1) is 21.3 Å². The van der Waals surface area contributed by atoms with E-state index < -0.39 is 0 Å². The van der Waals surface area contributed by atoms with E-state index in [1.807, 2.05) is 12.1 Å². The summed E-state index contributed by atoms with van der Waals surface area (Å²) in [4.78, 5) is 0. The van der Waals surface area contributed by atoms with Gasteiger partial charge in [-0.2, -0.15) is 0 Å². The zero-order chi connectivity index (χ0) is 15.1. The predicted octanol–water partition coefficient (Wildman–Crippen LogP) is 2.65. The Kier molecular flexibility index (Phi) is 6.61. The molecule has 1 rings (SSSR count). The lowest BCUT2D eigenvalue weighted by molar-refractivity contribution is 0.343. The molecule has 20 heavy (non-hydrogen) atoms. The van der Waals surface area contributed by atoms with Crippen molar-refractivity contribution >= 4 is 0 Å². The number of rotatable bonds is 8. The van der Waals surface area contributed by atoms with Gasteiger partial charge < -0.3 is 14.2 Å². The van der Waals surface area contributed by atoms with Crippen molar-refractivity contribution in [2.45, 2.75) is 32.7 Å². The van der Waals surface area contributed by atoms with Crippen molar-refractivity contribution < 1.29 is 14.2 Å². The number of nitrogens with one attached hydrogen (secondary N) is 1. The smallest absolute Gasteiger partial charge is 0.164 e. The van der Waals surface area contributed by atoms with E-state index in [0.29, 0.717) is 17.4 Å². The van der Waals surface area contributed by atoms with Gasteiger partial charge in [-0.1, -0.05) is 13.8 Å². The molecule has 0 bridgehead atoms. The summed E-state index contributed by atoms with van der Waals surface area (Å²) in [6, 6.07) is 3.77. The van der Waals surface area contributed by atoms with E-state index >= 15 is 0 Å². The lowest BCUT2D eigenvalue weighted by atomic mass is 9.97. The van der Waals surface area contributed by atoms with Crippen molar-refractivity contribution in [1.29, 1.82) is 0 Å². The van der Waals surface area contributed by atoms with Crippen molar-refractivity contribution in [1.82, 2.24) is 5.43 Å². The Morgan fingerprint density at radius 2 is 1.50 bits per heavy atom. The molecule has 0 radical (unpaired) electrons. The highest BCUT2D eigenvalue weighted by Gasteiger charge is 2.19. The minimum atomic E-state index is 0.0205. The highest BCUT2D eigenvalue weighted by molar-refractivity contribution is 5.51. The topological polar surface area (TPSA) is 65.7 Å². The van der Waals surface area contributed by atoms with Gasteiger partial charge in [0.15, 0.2) is 11.5 Å². The zero-order valence-electron chi connectivity index (χ0n) is 13.0. The first kappa shape index (κ1) is 16.6. The molecule has 0 aliphatic heterocycles. The van der Waals surface area contributed by atoms with Gasteiger partial charge in [-0.3, -0.25) is 11.3 Å². The largest absolute Gasteiger partial charge is 0.496 e. The van der Waals surface area contributed by atoms with Gasteiger partial charge in [-0.15, -0.1) is 0 Å². The number of hydrazine groups is 1. The molecule has 0 aromatic heterocycles. The molecule has 114 valence electrons. The molecule has 0 spiro atoms. The first-order chi connectivity index (χ1) is 9.57. The second kappa shape index (κ2) is 7.97. The van der Waals surface area contributed by atoms with Crippen LogP contribution in [0.5, 0.6) is 17.2 Å². The van der Waals surface area contributed by atoms with Crippen LogP contribution in [0.1, 0.15) is 38.3 Å². The monoisotopic (exact) mass is 282 g/mol. The predicted molar refractivity (Wildman–Crippen MR) is 80.2 cm³/mol. The van der Waals surface area contributed by atoms with Crippen LogP contribution in [0.15, 0.2) is 12.1 Å². The standard InChI is InChI=1S/C15H26N2O3/c1-10(2)6-7-12(17-16)11-8-14(19-4)15(20-5)9-13(11)18-3/h8-10,12,17H,6-7,16H2,1-5H3. The molecule has 0 saturated heterocycles. The van der Waals surface area contributed by atoms with Crippen molar-refractivity contribution in [3.05, 3.63) is 17.7 Å². The van der Waals surface area contributed by atoms with E-state index in [4.69, 9.17) is 20.1 Å². The van der Waals surface area contributed by atoms with Gasteiger partial charge >= 0.3 is 0 Å². The first-order valence-corrected chi connectivity index (χ1v) is 6.83. The molecule has 1 aromatic rings. The van der Waals surface area contributed by atoms with Crippen LogP contribution in [0.3, 0.4) is 0 Å². The SMILES string of the molecule is COc1cc(OC)c(C(CCC(C)C)NN)cc1OC. The van der Waals surface area contributed by atoms with E-state index in [-0.39, 0.29) is 6.04 Å². The first-order valence-electron chi connectivity index (χ1n) is 6.83. The Morgan fingerprint density at radius 3 is 1.95 bits per heavy atom. The lowest BCUT2D eigenvalue weighted by Gasteiger charge is -2.21. The van der Waals surface area contributed by atoms with Gasteiger partial charge in [0.1, 0.15) is 5.75 Å². The Hall–Kier alpha value is -1.46. The second-order valence-electron chi connectivity index (χ2n) is 5.14. The number of benzene rings is 1. The molecule has 5 nitrogen and oxygen atoms in total. The van der Waals surface area contributed by atoms with Crippen LogP contribution in [0, 0.1) is 5.92 Å². The van der Waals surface area contributed by atoms with Crippen LogP contribution >= 0.6 is 0 Å². The summed E-state index contributed by atoms with van der Waals surface area (Å²) in [5, 5.41) is 0. The highest BCUT2D eigenvalue weighted by atomic mass is 16.5. The fourth-order valence-corrected chi connectivity index (χ4v) is 2.15. The van der Waals surface area contributed by atoms with Crippen LogP contribution in [0.2, 0.25) is 0 Å². The highest BCUT2D eigenvalue weighted by Crippen LogP contribution is 2.38. The van der Waals surface area contributed by atoms with Crippen LogP contribution < -0.4 is 25.5 Å². The van der Waals surface area contributed by atoms with Crippen molar-refractivity contribution in [3.8, 4) is 17.2 Å². The fourth-order valence-electron chi connectivity index (χ4n) is 2.15. The van der Waals surface area contributed by atoms with Crippen LogP contribution in [-0.2, 0) is 0 Å². The second-order valence-corrected chi connectivity index (χ2v) is 5.14. The molecule has 0 aliphatic carbocycles. The van der Waals surface area contributed by atoms with Gasteiger partial charge in [0, 0.05) is 17.7 Å². The molecule has 1 aromatic carbocycles. The minimum Gasteiger partial charge on any atom is -0.496 e. The minimum absolute atomic E-state index is 0.0205. The van der Waals surface area contributed by atoms with Gasteiger partial charge in [0.25, 0.3) is 0 Å². The molecule has 0 amide bonds. The average molecular weight is 282 g/mol. The molecule has 5 heteroatoms. The van der Waals surface area contributed by atoms with E-state index in [0.717, 1.165) is 24.2 Å². The number of hydrogen-bond donors (Lipinski definition) is 2. The molecule has 1 atom stereocenters.